The van der Waals surface area contributed by atoms with E-state index < -0.39 is 28.5 Å². The van der Waals surface area contributed by atoms with Crippen LogP contribution in [0.15, 0.2) is 78.9 Å². The SMILES string of the molecule is CNC(=O)[C@@H](Cc1ccccc1)N(Cc1cccc(C)c1)C(=O)CN(c1cccc(C(C)=O)c1)S(C)(=O)=O. The lowest BCUT2D eigenvalue weighted by Gasteiger charge is -2.33. The largest absolute Gasteiger partial charge is 0.357 e. The summed E-state index contributed by atoms with van der Waals surface area (Å²) in [7, 11) is -2.40. The highest BCUT2D eigenvalue weighted by atomic mass is 32.2. The molecule has 3 aromatic carbocycles. The van der Waals surface area contributed by atoms with E-state index in [4.69, 9.17) is 0 Å². The fourth-order valence-electron chi connectivity index (χ4n) is 4.22. The Bertz CT molecular complexity index is 1410. The van der Waals surface area contributed by atoms with Crippen molar-refractivity contribution in [2.45, 2.75) is 32.9 Å². The number of aryl methyl sites for hydroxylation is 1. The number of Topliss-reactive ketones (excluding diaryl/α,β-unsaturated/α-hetero) is 1. The predicted octanol–water partition coefficient (Wildman–Crippen LogP) is 3.35. The first-order valence-electron chi connectivity index (χ1n) is 12.2. The average molecular weight is 536 g/mol. The smallest absolute Gasteiger partial charge is 0.244 e. The first-order chi connectivity index (χ1) is 18.0. The number of sulfonamides is 1. The summed E-state index contributed by atoms with van der Waals surface area (Å²) in [6, 6.07) is 22.2. The zero-order valence-corrected chi connectivity index (χ0v) is 22.9. The number of anilines is 1. The molecule has 0 aliphatic heterocycles. The molecule has 0 aromatic heterocycles. The van der Waals surface area contributed by atoms with Crippen molar-refractivity contribution in [3.8, 4) is 0 Å². The number of nitrogens with zero attached hydrogens (tertiary/aromatic N) is 2. The lowest BCUT2D eigenvalue weighted by atomic mass is 10.0. The zero-order valence-electron chi connectivity index (χ0n) is 22.0. The van der Waals surface area contributed by atoms with E-state index in [1.54, 1.807) is 12.1 Å². The van der Waals surface area contributed by atoms with Crippen LogP contribution >= 0.6 is 0 Å². The van der Waals surface area contributed by atoms with E-state index in [2.05, 4.69) is 5.32 Å². The van der Waals surface area contributed by atoms with E-state index in [1.165, 1.54) is 31.0 Å². The second kappa shape index (κ2) is 12.5. The molecule has 0 fully saturated rings. The van der Waals surface area contributed by atoms with E-state index in [0.717, 1.165) is 27.3 Å². The quantitative estimate of drug-likeness (QED) is 0.379. The van der Waals surface area contributed by atoms with E-state index in [1.807, 2.05) is 61.5 Å². The number of rotatable bonds is 11. The van der Waals surface area contributed by atoms with Crippen molar-refractivity contribution in [1.29, 1.82) is 0 Å². The van der Waals surface area contributed by atoms with Crippen LogP contribution in [-0.2, 0) is 32.6 Å². The number of hydrogen-bond acceptors (Lipinski definition) is 5. The minimum atomic E-state index is -3.90. The molecule has 8 nitrogen and oxygen atoms in total. The van der Waals surface area contributed by atoms with Gasteiger partial charge in [-0.15, -0.1) is 0 Å². The minimum Gasteiger partial charge on any atom is -0.357 e. The van der Waals surface area contributed by atoms with Gasteiger partial charge in [0.05, 0.1) is 11.9 Å². The Balaban J connectivity index is 2.04. The maximum Gasteiger partial charge on any atom is 0.244 e. The summed E-state index contributed by atoms with van der Waals surface area (Å²) >= 11 is 0. The van der Waals surface area contributed by atoms with Crippen molar-refractivity contribution in [1.82, 2.24) is 10.2 Å². The average Bonchev–Trinajstić information content (AvgIpc) is 2.88. The number of ketones is 1. The third-order valence-corrected chi connectivity index (χ3v) is 7.31. The Morgan fingerprint density at radius 2 is 1.55 bits per heavy atom. The molecule has 200 valence electrons. The van der Waals surface area contributed by atoms with Crippen molar-refractivity contribution in [2.75, 3.05) is 24.2 Å². The highest BCUT2D eigenvalue weighted by Crippen LogP contribution is 2.22. The molecule has 0 heterocycles. The van der Waals surface area contributed by atoms with E-state index in [9.17, 15) is 22.8 Å². The highest BCUT2D eigenvalue weighted by Gasteiger charge is 2.32. The van der Waals surface area contributed by atoms with Gasteiger partial charge in [0.2, 0.25) is 21.8 Å². The third-order valence-electron chi connectivity index (χ3n) is 6.17. The molecular weight excluding hydrogens is 502 g/mol. The molecule has 0 unspecified atom stereocenters. The predicted molar refractivity (Wildman–Crippen MR) is 148 cm³/mol. The molecule has 0 spiro atoms. The summed E-state index contributed by atoms with van der Waals surface area (Å²) in [5.41, 5.74) is 3.19. The van der Waals surface area contributed by atoms with Gasteiger partial charge in [-0.2, -0.15) is 0 Å². The van der Waals surface area contributed by atoms with Crippen LogP contribution in [0.1, 0.15) is 34.0 Å². The van der Waals surface area contributed by atoms with E-state index in [0.29, 0.717) is 5.56 Å². The number of benzene rings is 3. The number of amides is 2. The van der Waals surface area contributed by atoms with Crippen LogP contribution in [-0.4, -0.2) is 56.8 Å². The van der Waals surface area contributed by atoms with Gasteiger partial charge in [0.25, 0.3) is 0 Å². The zero-order chi connectivity index (χ0) is 27.9. The summed E-state index contributed by atoms with van der Waals surface area (Å²) in [4.78, 5) is 40.4. The maximum atomic E-state index is 13.9. The van der Waals surface area contributed by atoms with Gasteiger partial charge in [0.15, 0.2) is 5.78 Å². The summed E-state index contributed by atoms with van der Waals surface area (Å²) in [6.07, 6.45) is 1.25. The molecule has 0 saturated carbocycles. The molecule has 0 radical (unpaired) electrons. The van der Waals surface area contributed by atoms with Gasteiger partial charge in [-0.1, -0.05) is 72.3 Å². The number of carbonyl (C=O) groups excluding carboxylic acids is 3. The van der Waals surface area contributed by atoms with Crippen LogP contribution in [0.2, 0.25) is 0 Å². The summed E-state index contributed by atoms with van der Waals surface area (Å²) < 4.78 is 26.6. The van der Waals surface area contributed by atoms with Gasteiger partial charge < -0.3 is 10.2 Å². The molecule has 38 heavy (non-hydrogen) atoms. The lowest BCUT2D eigenvalue weighted by molar-refractivity contribution is -0.139. The monoisotopic (exact) mass is 535 g/mol. The van der Waals surface area contributed by atoms with Crippen molar-refractivity contribution < 1.29 is 22.8 Å². The van der Waals surface area contributed by atoms with Gasteiger partial charge >= 0.3 is 0 Å². The van der Waals surface area contributed by atoms with Gasteiger partial charge in [-0.3, -0.25) is 18.7 Å². The molecular formula is C29H33N3O5S. The molecule has 9 heteroatoms. The van der Waals surface area contributed by atoms with Gasteiger partial charge in [-0.25, -0.2) is 8.42 Å². The van der Waals surface area contributed by atoms with Crippen LogP contribution in [0.3, 0.4) is 0 Å². The molecule has 0 saturated heterocycles. The van der Waals surface area contributed by atoms with Gasteiger partial charge in [0.1, 0.15) is 12.6 Å². The second-order valence-corrected chi connectivity index (χ2v) is 11.1. The summed E-state index contributed by atoms with van der Waals surface area (Å²) in [6.45, 7) is 2.89. The topological polar surface area (TPSA) is 104 Å². The van der Waals surface area contributed by atoms with Crippen LogP contribution in [0, 0.1) is 6.92 Å². The van der Waals surface area contributed by atoms with Crippen LogP contribution < -0.4 is 9.62 Å². The van der Waals surface area contributed by atoms with Gasteiger partial charge in [0, 0.05) is 25.6 Å². The van der Waals surface area contributed by atoms with Crippen LogP contribution in [0.5, 0.6) is 0 Å². The fourth-order valence-corrected chi connectivity index (χ4v) is 5.06. The van der Waals surface area contributed by atoms with Crippen LogP contribution in [0.25, 0.3) is 0 Å². The molecule has 2 amide bonds. The number of likely N-dealkylation sites (N-methyl/N-ethyl adjacent to an activating group) is 1. The lowest BCUT2D eigenvalue weighted by Crippen LogP contribution is -2.52. The van der Waals surface area contributed by atoms with E-state index in [-0.39, 0.29) is 30.3 Å². The van der Waals surface area contributed by atoms with Crippen molar-refractivity contribution in [2.24, 2.45) is 0 Å². The maximum absolute atomic E-state index is 13.9. The van der Waals surface area contributed by atoms with Crippen molar-refractivity contribution >= 4 is 33.3 Å². The van der Waals surface area contributed by atoms with Crippen LogP contribution in [0.4, 0.5) is 5.69 Å². The van der Waals surface area contributed by atoms with Crippen molar-refractivity contribution in [3.63, 3.8) is 0 Å². The Morgan fingerprint density at radius 3 is 2.16 bits per heavy atom. The Labute approximate surface area is 224 Å². The first-order valence-corrected chi connectivity index (χ1v) is 14.0. The Hall–Kier alpha value is -3.98. The fraction of sp³-hybridized carbons (Fsp3) is 0.276. The molecule has 3 rings (SSSR count). The molecule has 1 atom stereocenters. The Kier molecular flexibility index (Phi) is 9.41. The summed E-state index contributed by atoms with van der Waals surface area (Å²) in [5, 5.41) is 2.65. The number of nitrogens with one attached hydrogen (secondary N) is 1. The molecule has 3 aromatic rings. The first kappa shape index (κ1) is 28.6. The number of hydrogen-bond donors (Lipinski definition) is 1. The van der Waals surface area contributed by atoms with Crippen molar-refractivity contribution in [3.05, 3.63) is 101 Å². The second-order valence-electron chi connectivity index (χ2n) is 9.21. The molecule has 0 aliphatic rings. The summed E-state index contributed by atoms with van der Waals surface area (Å²) in [5.74, 6) is -1.13. The molecule has 1 N–H and O–H groups in total. The van der Waals surface area contributed by atoms with Gasteiger partial charge in [-0.05, 0) is 37.1 Å². The normalized spacial score (nSPS) is 11.9. The minimum absolute atomic E-state index is 0.108. The van der Waals surface area contributed by atoms with E-state index >= 15 is 0 Å². The molecule has 0 bridgehead atoms. The standard InChI is InChI=1S/C29H33N3O5S/c1-21-10-8-13-24(16-21)19-31(27(29(35)30-3)17-23-11-6-5-7-12-23)28(34)20-32(38(4,36)37)26-15-9-14-25(18-26)22(2)33/h5-16,18,27H,17,19-20H2,1-4H3,(H,30,35)/t27-/m1/s1. The Morgan fingerprint density at radius 1 is 0.895 bits per heavy atom. The highest BCUT2D eigenvalue weighted by molar-refractivity contribution is 7.92. The third kappa shape index (κ3) is 7.52. The molecule has 0 aliphatic carbocycles. The number of carbonyl (C=O) groups is 3.